The Kier molecular flexibility index (Phi) is 2.56. The average molecular weight is 211 g/mol. The molecule has 2 rings (SSSR count). The van der Waals surface area contributed by atoms with Gasteiger partial charge in [0.05, 0.1) is 5.56 Å². The van der Waals surface area contributed by atoms with Crippen LogP contribution in [0, 0.1) is 6.92 Å². The van der Waals surface area contributed by atoms with E-state index in [0.717, 1.165) is 22.7 Å². The lowest BCUT2D eigenvalue weighted by molar-refractivity contribution is 0.0696. The maximum Gasteiger partial charge on any atom is 0.336 e. The largest absolute Gasteiger partial charge is 0.478 e. The molecule has 0 radical (unpaired) electrons. The Morgan fingerprint density at radius 2 is 2.50 bits per heavy atom. The van der Waals surface area contributed by atoms with Gasteiger partial charge in [0, 0.05) is 15.8 Å². The van der Waals surface area contributed by atoms with E-state index < -0.39 is 5.97 Å². The highest BCUT2D eigenvalue weighted by atomic mass is 32.1. The van der Waals surface area contributed by atoms with Crippen LogP contribution >= 0.6 is 11.3 Å². The van der Waals surface area contributed by atoms with E-state index in [1.807, 2.05) is 13.0 Å². The summed E-state index contributed by atoms with van der Waals surface area (Å²) in [5.41, 5.74) is 0.457. The molecule has 1 unspecified atom stereocenters. The maximum absolute atomic E-state index is 10.8. The molecule has 1 fully saturated rings. The van der Waals surface area contributed by atoms with Crippen molar-refractivity contribution in [2.75, 3.05) is 6.54 Å². The second-order valence-corrected chi connectivity index (χ2v) is 4.86. The van der Waals surface area contributed by atoms with Crippen LogP contribution in [0.1, 0.15) is 39.0 Å². The van der Waals surface area contributed by atoms with Gasteiger partial charge in [-0.2, -0.15) is 0 Å². The summed E-state index contributed by atoms with van der Waals surface area (Å²) in [5, 5.41) is 12.3. The first-order valence-corrected chi connectivity index (χ1v) is 5.57. The smallest absolute Gasteiger partial charge is 0.336 e. The van der Waals surface area contributed by atoms with Crippen molar-refractivity contribution >= 4 is 17.3 Å². The zero-order valence-corrected chi connectivity index (χ0v) is 8.86. The van der Waals surface area contributed by atoms with Crippen LogP contribution in [0.2, 0.25) is 0 Å². The van der Waals surface area contributed by atoms with Gasteiger partial charge in [0.2, 0.25) is 0 Å². The van der Waals surface area contributed by atoms with E-state index >= 15 is 0 Å². The number of hydrogen-bond acceptors (Lipinski definition) is 3. The predicted molar refractivity (Wildman–Crippen MR) is 56.0 cm³/mol. The minimum Gasteiger partial charge on any atom is -0.478 e. The fourth-order valence-corrected chi connectivity index (χ4v) is 2.95. The van der Waals surface area contributed by atoms with Gasteiger partial charge in [-0.25, -0.2) is 4.79 Å². The average Bonchev–Trinajstić information content (AvgIpc) is 2.70. The van der Waals surface area contributed by atoms with Gasteiger partial charge in [-0.15, -0.1) is 11.3 Å². The second kappa shape index (κ2) is 3.71. The van der Waals surface area contributed by atoms with Crippen LogP contribution in [-0.2, 0) is 0 Å². The van der Waals surface area contributed by atoms with Crippen molar-refractivity contribution in [3.63, 3.8) is 0 Å². The molecule has 76 valence electrons. The molecule has 2 N–H and O–H groups in total. The van der Waals surface area contributed by atoms with Crippen molar-refractivity contribution in [2.24, 2.45) is 0 Å². The summed E-state index contributed by atoms with van der Waals surface area (Å²) < 4.78 is 0. The molecule has 0 aromatic carbocycles. The van der Waals surface area contributed by atoms with Crippen LogP contribution in [0.15, 0.2) is 6.07 Å². The fourth-order valence-electron chi connectivity index (χ4n) is 1.82. The predicted octanol–water partition coefficient (Wildman–Crippen LogP) is 2.18. The molecule has 1 aliphatic rings. The number of nitrogens with one attached hydrogen (secondary N) is 1. The third kappa shape index (κ3) is 1.67. The van der Waals surface area contributed by atoms with Crippen molar-refractivity contribution in [3.8, 4) is 0 Å². The van der Waals surface area contributed by atoms with Crippen LogP contribution in [0.4, 0.5) is 0 Å². The topological polar surface area (TPSA) is 49.3 Å². The lowest BCUT2D eigenvalue weighted by atomic mass is 10.1. The normalized spacial score (nSPS) is 21.4. The van der Waals surface area contributed by atoms with Crippen LogP contribution < -0.4 is 5.32 Å². The molecule has 2 heterocycles. The number of aromatic carboxylic acids is 1. The Morgan fingerprint density at radius 1 is 1.71 bits per heavy atom. The van der Waals surface area contributed by atoms with Gasteiger partial charge in [0.15, 0.2) is 0 Å². The van der Waals surface area contributed by atoms with Gasteiger partial charge in [0.1, 0.15) is 0 Å². The van der Waals surface area contributed by atoms with Gasteiger partial charge in [-0.1, -0.05) is 0 Å². The first kappa shape index (κ1) is 9.68. The van der Waals surface area contributed by atoms with E-state index in [4.69, 9.17) is 5.11 Å². The molecule has 0 spiro atoms. The van der Waals surface area contributed by atoms with E-state index in [2.05, 4.69) is 5.32 Å². The Balaban J connectivity index is 2.27. The monoisotopic (exact) mass is 211 g/mol. The quantitative estimate of drug-likeness (QED) is 0.788. The summed E-state index contributed by atoms with van der Waals surface area (Å²) in [6.07, 6.45) is 2.31. The summed E-state index contributed by atoms with van der Waals surface area (Å²) in [5.74, 6) is -0.817. The summed E-state index contributed by atoms with van der Waals surface area (Å²) in [6.45, 7) is 2.91. The Morgan fingerprint density at radius 3 is 3.00 bits per heavy atom. The molecule has 1 aliphatic heterocycles. The summed E-state index contributed by atoms with van der Waals surface area (Å²) in [7, 11) is 0. The minimum atomic E-state index is -0.817. The molecule has 1 saturated heterocycles. The Labute approximate surface area is 86.8 Å². The fraction of sp³-hybridized carbons (Fsp3) is 0.500. The summed E-state index contributed by atoms with van der Waals surface area (Å²) >= 11 is 1.60. The number of rotatable bonds is 2. The van der Waals surface area contributed by atoms with Crippen LogP contribution in [-0.4, -0.2) is 17.6 Å². The van der Waals surface area contributed by atoms with E-state index in [0.29, 0.717) is 11.6 Å². The lowest BCUT2D eigenvalue weighted by Gasteiger charge is -2.05. The number of carbonyl (C=O) groups is 1. The van der Waals surface area contributed by atoms with Crippen molar-refractivity contribution in [2.45, 2.75) is 25.8 Å². The highest BCUT2D eigenvalue weighted by Gasteiger charge is 2.21. The molecular weight excluding hydrogens is 198 g/mol. The number of aryl methyl sites for hydroxylation is 1. The molecule has 1 atom stereocenters. The minimum absolute atomic E-state index is 0.381. The Hall–Kier alpha value is -0.870. The van der Waals surface area contributed by atoms with Crippen molar-refractivity contribution in [1.82, 2.24) is 5.32 Å². The maximum atomic E-state index is 10.8. The molecule has 4 heteroatoms. The van der Waals surface area contributed by atoms with E-state index in [1.54, 1.807) is 11.3 Å². The first-order valence-electron chi connectivity index (χ1n) is 4.75. The zero-order valence-electron chi connectivity index (χ0n) is 8.04. The summed E-state index contributed by atoms with van der Waals surface area (Å²) in [6, 6.07) is 2.19. The lowest BCUT2D eigenvalue weighted by Crippen LogP contribution is -2.11. The van der Waals surface area contributed by atoms with Crippen molar-refractivity contribution < 1.29 is 9.90 Å². The van der Waals surface area contributed by atoms with Crippen LogP contribution in [0.25, 0.3) is 0 Å². The number of hydrogen-bond donors (Lipinski definition) is 2. The summed E-state index contributed by atoms with van der Waals surface area (Å²) in [4.78, 5) is 12.9. The highest BCUT2D eigenvalue weighted by Crippen LogP contribution is 2.31. The van der Waals surface area contributed by atoms with Gasteiger partial charge in [-0.05, 0) is 32.4 Å². The Bertz CT molecular complexity index is 353. The molecule has 1 aromatic rings. The second-order valence-electron chi connectivity index (χ2n) is 3.57. The van der Waals surface area contributed by atoms with Gasteiger partial charge in [0.25, 0.3) is 0 Å². The molecule has 0 aliphatic carbocycles. The van der Waals surface area contributed by atoms with Gasteiger partial charge in [-0.3, -0.25) is 0 Å². The molecular formula is C10H13NO2S. The number of carboxylic acids is 1. The number of thiophene rings is 1. The van der Waals surface area contributed by atoms with Crippen LogP contribution in [0.5, 0.6) is 0 Å². The van der Waals surface area contributed by atoms with Crippen LogP contribution in [0.3, 0.4) is 0 Å². The molecule has 0 amide bonds. The van der Waals surface area contributed by atoms with E-state index in [-0.39, 0.29) is 0 Å². The highest BCUT2D eigenvalue weighted by molar-refractivity contribution is 7.12. The molecule has 1 aromatic heterocycles. The van der Waals surface area contributed by atoms with Gasteiger partial charge >= 0.3 is 5.97 Å². The van der Waals surface area contributed by atoms with E-state index in [9.17, 15) is 4.79 Å². The molecule has 0 bridgehead atoms. The van der Waals surface area contributed by atoms with Crippen molar-refractivity contribution in [1.29, 1.82) is 0 Å². The third-order valence-corrected chi connectivity index (χ3v) is 3.74. The standard InChI is InChI=1S/C10H13NO2S/c1-6-7(10(12)13)5-9(14-6)8-3-2-4-11-8/h5,8,11H,2-4H2,1H3,(H,12,13). The molecule has 14 heavy (non-hydrogen) atoms. The number of carboxylic acid groups (broad SMARTS) is 1. The molecule has 0 saturated carbocycles. The van der Waals surface area contributed by atoms with Gasteiger partial charge < -0.3 is 10.4 Å². The first-order chi connectivity index (χ1) is 6.68. The zero-order chi connectivity index (χ0) is 10.1. The van der Waals surface area contributed by atoms with E-state index in [1.165, 1.54) is 6.42 Å². The molecule has 3 nitrogen and oxygen atoms in total. The SMILES string of the molecule is Cc1sc(C2CCCN2)cc1C(=O)O. The third-order valence-electron chi connectivity index (χ3n) is 2.57. The van der Waals surface area contributed by atoms with Crippen molar-refractivity contribution in [3.05, 3.63) is 21.4 Å².